The van der Waals surface area contributed by atoms with E-state index in [4.69, 9.17) is 4.74 Å². The topological polar surface area (TPSA) is 29.5 Å². The molecule has 0 aromatic carbocycles. The predicted molar refractivity (Wildman–Crippen MR) is 70.2 cm³/mol. The van der Waals surface area contributed by atoms with Gasteiger partial charge in [-0.1, -0.05) is 12.2 Å². The molecule has 0 saturated carbocycles. The molecule has 3 rings (SSSR count). The Morgan fingerprint density at radius 1 is 1.33 bits per heavy atom. The Morgan fingerprint density at radius 2 is 2.28 bits per heavy atom. The average Bonchev–Trinajstić information content (AvgIpc) is 2.93. The first-order valence-electron chi connectivity index (χ1n) is 7.31. The summed E-state index contributed by atoms with van der Waals surface area (Å²) >= 11 is 0. The second kappa shape index (κ2) is 5.04. The van der Waals surface area contributed by atoms with Crippen molar-refractivity contribution in [2.45, 2.75) is 38.5 Å². The monoisotopic (exact) mass is 249 g/mol. The number of ether oxygens (including phenoxy) is 1. The zero-order valence-electron chi connectivity index (χ0n) is 11.1. The minimum absolute atomic E-state index is 0.138. The number of nitrogens with zero attached hydrogens (tertiary/aromatic N) is 1. The zero-order chi connectivity index (χ0) is 12.4. The lowest BCUT2D eigenvalue weighted by Crippen LogP contribution is -2.48. The number of rotatable bonds is 1. The Balaban J connectivity index is 1.66. The maximum Gasteiger partial charge on any atom is 0.228 e. The van der Waals surface area contributed by atoms with Crippen molar-refractivity contribution in [2.24, 2.45) is 11.3 Å². The Hall–Kier alpha value is -0.830. The third-order valence-corrected chi connectivity index (χ3v) is 4.81. The fourth-order valence-electron chi connectivity index (χ4n) is 3.70. The molecule has 0 radical (unpaired) electrons. The SMILES string of the molecule is O=C(C1CCOC1)N1CCCC2(CC=CCC2)C1. The molecule has 3 heteroatoms. The summed E-state index contributed by atoms with van der Waals surface area (Å²) in [5.74, 6) is 0.486. The molecule has 2 atom stereocenters. The van der Waals surface area contributed by atoms with Crippen LogP contribution in [0.4, 0.5) is 0 Å². The molecule has 1 aliphatic carbocycles. The molecule has 2 unspecified atom stereocenters. The van der Waals surface area contributed by atoms with Gasteiger partial charge in [-0.2, -0.15) is 0 Å². The molecular weight excluding hydrogens is 226 g/mol. The Bertz CT molecular complexity index is 346. The highest BCUT2D eigenvalue weighted by Crippen LogP contribution is 2.41. The van der Waals surface area contributed by atoms with Crippen LogP contribution in [-0.4, -0.2) is 37.1 Å². The molecule has 2 saturated heterocycles. The summed E-state index contributed by atoms with van der Waals surface area (Å²) < 4.78 is 5.35. The Morgan fingerprint density at radius 3 is 3.00 bits per heavy atom. The first kappa shape index (κ1) is 12.2. The molecule has 3 nitrogen and oxygen atoms in total. The van der Waals surface area contributed by atoms with Crippen molar-refractivity contribution in [1.82, 2.24) is 4.90 Å². The fraction of sp³-hybridized carbons (Fsp3) is 0.800. The molecule has 18 heavy (non-hydrogen) atoms. The number of allylic oxidation sites excluding steroid dienone is 2. The maximum atomic E-state index is 12.5. The lowest BCUT2D eigenvalue weighted by molar-refractivity contribution is -0.139. The van der Waals surface area contributed by atoms with Gasteiger partial charge in [0.2, 0.25) is 5.91 Å². The van der Waals surface area contributed by atoms with E-state index >= 15 is 0 Å². The highest BCUT2D eigenvalue weighted by Gasteiger charge is 2.38. The molecule has 2 heterocycles. The van der Waals surface area contributed by atoms with Gasteiger partial charge in [-0.05, 0) is 43.9 Å². The van der Waals surface area contributed by atoms with E-state index in [0.29, 0.717) is 17.9 Å². The summed E-state index contributed by atoms with van der Waals surface area (Å²) in [5, 5.41) is 0. The van der Waals surface area contributed by atoms with Crippen LogP contribution in [0.15, 0.2) is 12.2 Å². The van der Waals surface area contributed by atoms with Crippen LogP contribution in [0.2, 0.25) is 0 Å². The van der Waals surface area contributed by atoms with Crippen LogP contribution in [-0.2, 0) is 9.53 Å². The molecule has 1 spiro atoms. The second-order valence-electron chi connectivity index (χ2n) is 6.14. The smallest absolute Gasteiger partial charge is 0.228 e. The first-order chi connectivity index (χ1) is 8.79. The predicted octanol–water partition coefficient (Wildman–Crippen LogP) is 2.37. The van der Waals surface area contributed by atoms with Gasteiger partial charge in [0.1, 0.15) is 0 Å². The van der Waals surface area contributed by atoms with Crippen molar-refractivity contribution in [3.8, 4) is 0 Å². The zero-order valence-corrected chi connectivity index (χ0v) is 11.1. The van der Waals surface area contributed by atoms with E-state index in [-0.39, 0.29) is 5.92 Å². The van der Waals surface area contributed by atoms with Crippen molar-refractivity contribution in [3.63, 3.8) is 0 Å². The van der Waals surface area contributed by atoms with E-state index < -0.39 is 0 Å². The largest absolute Gasteiger partial charge is 0.381 e. The third kappa shape index (κ3) is 2.33. The molecule has 0 aromatic rings. The van der Waals surface area contributed by atoms with Crippen LogP contribution >= 0.6 is 0 Å². The summed E-state index contributed by atoms with van der Waals surface area (Å²) in [6.07, 6.45) is 11.6. The Labute approximate surface area is 109 Å². The number of amides is 1. The van der Waals surface area contributed by atoms with Crippen LogP contribution in [0.5, 0.6) is 0 Å². The van der Waals surface area contributed by atoms with Crippen molar-refractivity contribution >= 4 is 5.91 Å². The van der Waals surface area contributed by atoms with Crippen LogP contribution in [0.25, 0.3) is 0 Å². The molecule has 2 aliphatic heterocycles. The lowest BCUT2D eigenvalue weighted by atomic mass is 9.71. The first-order valence-corrected chi connectivity index (χ1v) is 7.31. The van der Waals surface area contributed by atoms with E-state index in [9.17, 15) is 4.79 Å². The fourth-order valence-corrected chi connectivity index (χ4v) is 3.70. The van der Waals surface area contributed by atoms with Crippen LogP contribution < -0.4 is 0 Å². The number of piperidine rings is 1. The average molecular weight is 249 g/mol. The molecule has 100 valence electrons. The number of hydrogen-bond donors (Lipinski definition) is 0. The van der Waals surface area contributed by atoms with E-state index in [1.807, 2.05) is 0 Å². The molecule has 2 fully saturated rings. The summed E-state index contributed by atoms with van der Waals surface area (Å²) in [7, 11) is 0. The summed E-state index contributed by atoms with van der Waals surface area (Å²) in [5.41, 5.74) is 0.391. The second-order valence-corrected chi connectivity index (χ2v) is 6.14. The van der Waals surface area contributed by atoms with Gasteiger partial charge in [0.25, 0.3) is 0 Å². The minimum atomic E-state index is 0.138. The summed E-state index contributed by atoms with van der Waals surface area (Å²) in [4.78, 5) is 14.6. The van der Waals surface area contributed by atoms with Crippen LogP contribution in [0.3, 0.4) is 0 Å². The van der Waals surface area contributed by atoms with Crippen molar-refractivity contribution < 1.29 is 9.53 Å². The molecule has 3 aliphatic rings. The summed E-state index contributed by atoms with van der Waals surface area (Å²) in [6.45, 7) is 3.34. The van der Waals surface area contributed by atoms with Crippen LogP contribution in [0, 0.1) is 11.3 Å². The quantitative estimate of drug-likeness (QED) is 0.668. The Kier molecular flexibility index (Phi) is 3.42. The van der Waals surface area contributed by atoms with Crippen molar-refractivity contribution in [2.75, 3.05) is 26.3 Å². The van der Waals surface area contributed by atoms with E-state index in [1.54, 1.807) is 0 Å². The number of carbonyl (C=O) groups excluding carboxylic acids is 1. The highest BCUT2D eigenvalue weighted by molar-refractivity contribution is 5.79. The molecule has 0 N–H and O–H groups in total. The van der Waals surface area contributed by atoms with Gasteiger partial charge in [0.05, 0.1) is 12.5 Å². The van der Waals surface area contributed by atoms with E-state index in [1.165, 1.54) is 25.7 Å². The maximum absolute atomic E-state index is 12.5. The van der Waals surface area contributed by atoms with E-state index in [0.717, 1.165) is 32.5 Å². The number of hydrogen-bond acceptors (Lipinski definition) is 2. The normalized spacial score (nSPS) is 36.2. The van der Waals surface area contributed by atoms with Gasteiger partial charge in [-0.3, -0.25) is 4.79 Å². The van der Waals surface area contributed by atoms with Gasteiger partial charge in [0, 0.05) is 19.7 Å². The minimum Gasteiger partial charge on any atom is -0.381 e. The summed E-state index contributed by atoms with van der Waals surface area (Å²) in [6, 6.07) is 0. The standard InChI is InChI=1S/C15H23NO2/c17-14(13-5-10-18-11-13)16-9-4-8-15(12-16)6-2-1-3-7-15/h1-2,13H,3-12H2. The number of carbonyl (C=O) groups is 1. The van der Waals surface area contributed by atoms with Gasteiger partial charge >= 0.3 is 0 Å². The van der Waals surface area contributed by atoms with Crippen molar-refractivity contribution in [3.05, 3.63) is 12.2 Å². The molecule has 0 aromatic heterocycles. The van der Waals surface area contributed by atoms with Gasteiger partial charge in [0.15, 0.2) is 0 Å². The van der Waals surface area contributed by atoms with Gasteiger partial charge in [-0.15, -0.1) is 0 Å². The van der Waals surface area contributed by atoms with Crippen LogP contribution in [0.1, 0.15) is 38.5 Å². The molecular formula is C15H23NO2. The highest BCUT2D eigenvalue weighted by atomic mass is 16.5. The molecule has 0 bridgehead atoms. The third-order valence-electron chi connectivity index (χ3n) is 4.81. The lowest BCUT2D eigenvalue weighted by Gasteiger charge is -2.44. The van der Waals surface area contributed by atoms with Crippen molar-refractivity contribution in [1.29, 1.82) is 0 Å². The number of likely N-dealkylation sites (tertiary alicyclic amines) is 1. The van der Waals surface area contributed by atoms with Gasteiger partial charge < -0.3 is 9.64 Å². The molecule has 1 amide bonds. The van der Waals surface area contributed by atoms with Gasteiger partial charge in [-0.25, -0.2) is 0 Å². The van der Waals surface area contributed by atoms with E-state index in [2.05, 4.69) is 17.1 Å².